The summed E-state index contributed by atoms with van der Waals surface area (Å²) >= 11 is 6.07. The number of anilines is 1. The lowest BCUT2D eigenvalue weighted by molar-refractivity contribution is -0.385. The lowest BCUT2D eigenvalue weighted by Gasteiger charge is -2.10. The van der Waals surface area contributed by atoms with E-state index in [9.17, 15) is 23.7 Å². The quantitative estimate of drug-likeness (QED) is 0.525. The first-order valence-electron chi connectivity index (χ1n) is 5.85. The highest BCUT2D eigenvalue weighted by atomic mass is 79.9. The normalized spacial score (nSPS) is 10.3. The maximum atomic E-state index is 13.4. The van der Waals surface area contributed by atoms with Crippen LogP contribution in [-0.4, -0.2) is 11.0 Å². The molecular formula is C13H6Br2F2N2O4. The molecule has 0 aliphatic carbocycles. The van der Waals surface area contributed by atoms with E-state index in [1.54, 1.807) is 0 Å². The fourth-order valence-corrected chi connectivity index (χ4v) is 2.90. The van der Waals surface area contributed by atoms with Crippen LogP contribution in [0.25, 0.3) is 0 Å². The van der Waals surface area contributed by atoms with Crippen molar-refractivity contribution in [1.29, 1.82) is 0 Å². The van der Waals surface area contributed by atoms with E-state index in [2.05, 4.69) is 31.9 Å². The molecule has 2 rings (SSSR count). The Bertz CT molecular complexity index is 779. The third-order valence-corrected chi connectivity index (χ3v) is 3.73. The van der Waals surface area contributed by atoms with E-state index in [-0.39, 0.29) is 20.4 Å². The number of benzene rings is 2. The molecule has 0 fully saturated rings. The Kier molecular flexibility index (Phi) is 5.26. The minimum atomic E-state index is -1.09. The van der Waals surface area contributed by atoms with Gasteiger partial charge in [-0.25, -0.2) is 13.6 Å². The number of amides is 1. The SMILES string of the molecule is O=C(Nc1cc(F)ccc1F)Oc1c(Br)cc([N+](=O)[O-])cc1Br. The van der Waals surface area contributed by atoms with Crippen molar-refractivity contribution in [3.63, 3.8) is 0 Å². The fraction of sp³-hybridized carbons (Fsp3) is 0. The molecule has 1 N–H and O–H groups in total. The number of hydrogen-bond donors (Lipinski definition) is 1. The molecular weight excluding hydrogens is 446 g/mol. The predicted molar refractivity (Wildman–Crippen MR) is 84.5 cm³/mol. The van der Waals surface area contributed by atoms with Crippen LogP contribution >= 0.6 is 31.9 Å². The van der Waals surface area contributed by atoms with Crippen molar-refractivity contribution < 1.29 is 23.2 Å². The van der Waals surface area contributed by atoms with Gasteiger partial charge in [0.05, 0.1) is 19.6 Å². The van der Waals surface area contributed by atoms with Crippen LogP contribution in [-0.2, 0) is 0 Å². The second-order valence-corrected chi connectivity index (χ2v) is 5.84. The molecule has 10 heteroatoms. The third-order valence-electron chi connectivity index (χ3n) is 2.55. The van der Waals surface area contributed by atoms with Crippen molar-refractivity contribution in [3.05, 3.63) is 61.0 Å². The van der Waals surface area contributed by atoms with E-state index in [0.29, 0.717) is 0 Å². The fourth-order valence-electron chi connectivity index (χ4n) is 1.57. The van der Waals surface area contributed by atoms with Gasteiger partial charge in [-0.1, -0.05) is 0 Å². The number of nitro benzene ring substituents is 1. The molecule has 2 aromatic rings. The van der Waals surface area contributed by atoms with Gasteiger partial charge in [-0.3, -0.25) is 15.4 Å². The van der Waals surface area contributed by atoms with Crippen LogP contribution in [0.15, 0.2) is 39.3 Å². The Morgan fingerprint density at radius 2 is 1.78 bits per heavy atom. The summed E-state index contributed by atoms with van der Waals surface area (Å²) in [6.07, 6.45) is -1.09. The van der Waals surface area contributed by atoms with E-state index >= 15 is 0 Å². The summed E-state index contributed by atoms with van der Waals surface area (Å²) in [5, 5.41) is 12.8. The van der Waals surface area contributed by atoms with E-state index in [4.69, 9.17) is 4.74 Å². The maximum Gasteiger partial charge on any atom is 0.417 e. The van der Waals surface area contributed by atoms with Gasteiger partial charge < -0.3 is 4.74 Å². The third kappa shape index (κ3) is 4.23. The van der Waals surface area contributed by atoms with Crippen LogP contribution in [0.1, 0.15) is 0 Å². The number of carbonyl (C=O) groups excluding carboxylic acids is 1. The summed E-state index contributed by atoms with van der Waals surface area (Å²) in [5.74, 6) is -1.63. The minimum absolute atomic E-state index is 0.0510. The first-order valence-corrected chi connectivity index (χ1v) is 7.44. The van der Waals surface area contributed by atoms with Crippen molar-refractivity contribution in [2.24, 2.45) is 0 Å². The second kappa shape index (κ2) is 7.01. The van der Waals surface area contributed by atoms with E-state index in [1.807, 2.05) is 5.32 Å². The van der Waals surface area contributed by atoms with Crippen molar-refractivity contribution in [2.45, 2.75) is 0 Å². The summed E-state index contributed by atoms with van der Waals surface area (Å²) in [7, 11) is 0. The number of ether oxygens (including phenoxy) is 1. The number of nitrogens with one attached hydrogen (secondary N) is 1. The Balaban J connectivity index is 2.20. The standard InChI is InChI=1S/C13H6Br2F2N2O4/c14-8-4-7(19(21)22)5-9(15)12(8)23-13(20)18-11-3-6(16)1-2-10(11)17/h1-5H,(H,18,20). The summed E-state index contributed by atoms with van der Waals surface area (Å²) in [6, 6.07) is 4.81. The molecule has 1 amide bonds. The molecule has 6 nitrogen and oxygen atoms in total. The molecule has 0 heterocycles. The molecule has 23 heavy (non-hydrogen) atoms. The van der Waals surface area contributed by atoms with Crippen LogP contribution in [0.3, 0.4) is 0 Å². The van der Waals surface area contributed by atoms with Crippen LogP contribution < -0.4 is 10.1 Å². The van der Waals surface area contributed by atoms with Gasteiger partial charge in [0.15, 0.2) is 5.75 Å². The Morgan fingerprint density at radius 1 is 1.17 bits per heavy atom. The van der Waals surface area contributed by atoms with E-state index < -0.39 is 28.3 Å². The summed E-state index contributed by atoms with van der Waals surface area (Å²) in [5.41, 5.74) is -0.628. The van der Waals surface area contributed by atoms with Gasteiger partial charge >= 0.3 is 6.09 Å². The number of nitro groups is 1. The molecule has 0 aromatic heterocycles. The number of nitrogens with zero attached hydrogens (tertiary/aromatic N) is 1. The van der Waals surface area contributed by atoms with Crippen LogP contribution in [0.4, 0.5) is 25.0 Å². The van der Waals surface area contributed by atoms with Gasteiger partial charge in [0.1, 0.15) is 11.6 Å². The van der Waals surface area contributed by atoms with Gasteiger partial charge in [0.2, 0.25) is 0 Å². The molecule has 0 spiro atoms. The molecule has 0 aliphatic rings. The molecule has 0 bridgehead atoms. The first-order chi connectivity index (χ1) is 10.8. The van der Waals surface area contributed by atoms with Crippen molar-refractivity contribution in [2.75, 3.05) is 5.32 Å². The zero-order valence-electron chi connectivity index (χ0n) is 11.0. The Hall–Kier alpha value is -2.07. The summed E-state index contributed by atoms with van der Waals surface area (Å²) in [6.45, 7) is 0. The average molecular weight is 452 g/mol. The second-order valence-electron chi connectivity index (χ2n) is 4.13. The Morgan fingerprint density at radius 3 is 2.35 bits per heavy atom. The monoisotopic (exact) mass is 450 g/mol. The molecule has 120 valence electrons. The van der Waals surface area contributed by atoms with Gasteiger partial charge in [-0.15, -0.1) is 0 Å². The summed E-state index contributed by atoms with van der Waals surface area (Å²) in [4.78, 5) is 21.9. The molecule has 0 atom stereocenters. The highest BCUT2D eigenvalue weighted by Crippen LogP contribution is 2.37. The molecule has 0 radical (unpaired) electrons. The highest BCUT2D eigenvalue weighted by molar-refractivity contribution is 9.11. The predicted octanol–water partition coefficient (Wildman–Crippen LogP) is 5.01. The largest absolute Gasteiger partial charge is 0.417 e. The van der Waals surface area contributed by atoms with Crippen LogP contribution in [0, 0.1) is 21.7 Å². The van der Waals surface area contributed by atoms with Gasteiger partial charge in [0.25, 0.3) is 5.69 Å². The number of hydrogen-bond acceptors (Lipinski definition) is 4. The lowest BCUT2D eigenvalue weighted by atomic mass is 10.3. The van der Waals surface area contributed by atoms with E-state index in [0.717, 1.165) is 30.3 Å². The number of halogens is 4. The first kappa shape index (κ1) is 17.3. The minimum Gasteiger partial charge on any atom is -0.408 e. The smallest absolute Gasteiger partial charge is 0.408 e. The topological polar surface area (TPSA) is 81.5 Å². The molecule has 0 unspecified atom stereocenters. The van der Waals surface area contributed by atoms with E-state index in [1.165, 1.54) is 0 Å². The van der Waals surface area contributed by atoms with Gasteiger partial charge in [-0.2, -0.15) is 0 Å². The van der Waals surface area contributed by atoms with Crippen LogP contribution in [0.2, 0.25) is 0 Å². The van der Waals surface area contributed by atoms with Gasteiger partial charge in [0, 0.05) is 18.2 Å². The average Bonchev–Trinajstić information content (AvgIpc) is 2.46. The van der Waals surface area contributed by atoms with Crippen molar-refractivity contribution in [3.8, 4) is 5.75 Å². The van der Waals surface area contributed by atoms with Gasteiger partial charge in [-0.05, 0) is 44.0 Å². The molecule has 2 aromatic carbocycles. The highest BCUT2D eigenvalue weighted by Gasteiger charge is 2.18. The zero-order chi connectivity index (χ0) is 17.1. The number of carbonyl (C=O) groups is 1. The van der Waals surface area contributed by atoms with Crippen LogP contribution in [0.5, 0.6) is 5.75 Å². The zero-order valence-corrected chi connectivity index (χ0v) is 14.2. The summed E-state index contributed by atoms with van der Waals surface area (Å²) < 4.78 is 31.7. The van der Waals surface area contributed by atoms with Crippen molar-refractivity contribution >= 4 is 49.3 Å². The lowest BCUT2D eigenvalue weighted by Crippen LogP contribution is -2.18. The number of non-ortho nitro benzene ring substituents is 1. The Labute approximate surface area is 144 Å². The molecule has 0 saturated carbocycles. The van der Waals surface area contributed by atoms with Crippen molar-refractivity contribution in [1.82, 2.24) is 0 Å². The molecule has 0 aliphatic heterocycles. The number of rotatable bonds is 3. The maximum absolute atomic E-state index is 13.4. The molecule has 0 saturated heterocycles.